The third-order valence-electron chi connectivity index (χ3n) is 5.51. The Labute approximate surface area is 194 Å². The monoisotopic (exact) mass is 477 g/mol. The molecule has 0 bridgehead atoms. The van der Waals surface area contributed by atoms with Crippen LogP contribution in [-0.2, 0) is 6.18 Å². The average molecular weight is 477 g/mol. The van der Waals surface area contributed by atoms with Gasteiger partial charge in [0.2, 0.25) is 0 Å². The van der Waals surface area contributed by atoms with Crippen LogP contribution in [0, 0.1) is 18.6 Å². The summed E-state index contributed by atoms with van der Waals surface area (Å²) in [6, 6.07) is 9.42. The average Bonchev–Trinajstić information content (AvgIpc) is 3.22. The second-order valence-electron chi connectivity index (χ2n) is 7.98. The minimum atomic E-state index is -4.71. The molecular weight excluding hydrogens is 455 g/mol. The zero-order valence-corrected chi connectivity index (χ0v) is 18.0. The van der Waals surface area contributed by atoms with E-state index in [1.54, 1.807) is 6.92 Å². The van der Waals surface area contributed by atoms with Gasteiger partial charge in [-0.15, -0.1) is 0 Å². The molecule has 3 aromatic rings. The molecule has 4 nitrogen and oxygen atoms in total. The molecule has 34 heavy (non-hydrogen) atoms. The first kappa shape index (κ1) is 22.3. The molecule has 1 atom stereocenters. The van der Waals surface area contributed by atoms with Crippen LogP contribution < -0.4 is 15.4 Å². The van der Waals surface area contributed by atoms with E-state index >= 15 is 0 Å². The highest BCUT2D eigenvalue weighted by Gasteiger charge is 2.32. The first-order valence-electron chi connectivity index (χ1n) is 11.0. The number of benzene rings is 3. The van der Waals surface area contributed by atoms with Crippen molar-refractivity contribution in [2.45, 2.75) is 32.0 Å². The van der Waals surface area contributed by atoms with Crippen molar-refractivity contribution in [3.8, 4) is 11.5 Å². The zero-order chi connectivity index (χ0) is 25.3. The number of carbonyl (C=O) groups is 1. The molecule has 0 saturated carbocycles. The first-order chi connectivity index (χ1) is 16.5. The molecule has 1 amide bonds. The molecule has 0 aliphatic carbocycles. The van der Waals surface area contributed by atoms with Gasteiger partial charge in [-0.05, 0) is 86.5 Å². The van der Waals surface area contributed by atoms with Crippen molar-refractivity contribution in [2.75, 3.05) is 11.9 Å². The molecule has 1 aliphatic heterocycles. The molecule has 1 saturated heterocycles. The van der Waals surface area contributed by atoms with Crippen molar-refractivity contribution in [1.29, 1.82) is 0 Å². The van der Waals surface area contributed by atoms with E-state index in [0.29, 0.717) is 24.6 Å². The molecular formula is C25H21F5N2O2. The maximum atomic E-state index is 14.4. The number of rotatable bonds is 5. The molecule has 3 aromatic carbocycles. The van der Waals surface area contributed by atoms with Crippen molar-refractivity contribution < 1.29 is 32.9 Å². The number of hydrogen-bond acceptors (Lipinski definition) is 3. The zero-order valence-electron chi connectivity index (χ0n) is 19.0. The van der Waals surface area contributed by atoms with Crippen LogP contribution >= 0.6 is 0 Å². The highest BCUT2D eigenvalue weighted by atomic mass is 19.4. The molecule has 0 radical (unpaired) electrons. The van der Waals surface area contributed by atoms with Crippen LogP contribution in [0.3, 0.4) is 0 Å². The number of halogens is 5. The molecule has 4 rings (SSSR count). The van der Waals surface area contributed by atoms with Gasteiger partial charge in [0.05, 0.1) is 11.1 Å². The van der Waals surface area contributed by atoms with E-state index in [4.69, 9.17) is 6.15 Å². The Balaban J connectivity index is 1.67. The minimum Gasteiger partial charge on any atom is -0.456 e. The number of nitrogens with one attached hydrogen (secondary N) is 2. The van der Waals surface area contributed by atoms with Crippen LogP contribution in [0.2, 0.25) is 1.41 Å². The van der Waals surface area contributed by atoms with E-state index in [1.807, 2.05) is 0 Å². The summed E-state index contributed by atoms with van der Waals surface area (Å²) in [4.78, 5) is 13.1. The highest BCUT2D eigenvalue weighted by Crippen LogP contribution is 2.36. The van der Waals surface area contributed by atoms with Gasteiger partial charge in [-0.25, -0.2) is 8.78 Å². The van der Waals surface area contributed by atoms with Crippen molar-refractivity contribution >= 4 is 11.6 Å². The summed E-state index contributed by atoms with van der Waals surface area (Å²) in [6.45, 7) is 2.04. The van der Waals surface area contributed by atoms with Crippen molar-refractivity contribution in [3.63, 3.8) is 0 Å². The molecule has 1 unspecified atom stereocenters. The largest absolute Gasteiger partial charge is 0.456 e. The number of aryl methyl sites for hydroxylation is 1. The quantitative estimate of drug-likeness (QED) is 0.399. The van der Waals surface area contributed by atoms with Gasteiger partial charge in [-0.3, -0.25) is 4.79 Å². The highest BCUT2D eigenvalue weighted by molar-refractivity contribution is 6.06. The van der Waals surface area contributed by atoms with Gasteiger partial charge in [0.1, 0.15) is 24.5 Å². The summed E-state index contributed by atoms with van der Waals surface area (Å²) < 4.78 is 81.5. The van der Waals surface area contributed by atoms with Crippen LogP contribution in [0.1, 0.15) is 45.9 Å². The SMILES string of the molecule is [2H]N1CCCC1c1cc(NC(=O)c2cc(C(F)(F)F)ccc2Oc2ccc(F)cc2C)ccc1F. The van der Waals surface area contributed by atoms with Crippen LogP contribution in [-0.4, -0.2) is 12.5 Å². The Kier molecular flexibility index (Phi) is 6.19. The van der Waals surface area contributed by atoms with E-state index in [-0.39, 0.29) is 22.7 Å². The predicted molar refractivity (Wildman–Crippen MR) is 117 cm³/mol. The fraction of sp³-hybridized carbons (Fsp3) is 0.240. The van der Waals surface area contributed by atoms with Crippen LogP contribution in [0.15, 0.2) is 54.6 Å². The summed E-state index contributed by atoms with van der Waals surface area (Å²) >= 11 is 0. The number of amides is 1. The Hall–Kier alpha value is -3.46. The lowest BCUT2D eigenvalue weighted by molar-refractivity contribution is -0.137. The van der Waals surface area contributed by atoms with E-state index < -0.39 is 40.9 Å². The van der Waals surface area contributed by atoms with E-state index in [9.17, 15) is 26.7 Å². The maximum Gasteiger partial charge on any atom is 0.416 e. The van der Waals surface area contributed by atoms with E-state index in [2.05, 4.69) is 5.32 Å². The van der Waals surface area contributed by atoms with Gasteiger partial charge in [0.15, 0.2) is 0 Å². The normalized spacial score (nSPS) is 16.9. The smallest absolute Gasteiger partial charge is 0.416 e. The standard InChI is InChI=1S/C25H21F5N2O2/c1-14-11-16(26)5-9-22(14)34-23-8-4-15(25(28,29)30)12-19(23)24(33)32-17-6-7-20(27)18(13-17)21-3-2-10-31-21/h4-9,11-13,21,31H,2-3,10H2,1H3,(H,32,33)/i/hD. The Morgan fingerprint density at radius 3 is 2.53 bits per heavy atom. The van der Waals surface area contributed by atoms with Gasteiger partial charge in [-0.1, -0.05) is 0 Å². The third kappa shape index (κ3) is 5.20. The van der Waals surface area contributed by atoms with Gasteiger partial charge < -0.3 is 15.4 Å². The summed E-state index contributed by atoms with van der Waals surface area (Å²) in [6.07, 6.45) is -3.42. The van der Waals surface area contributed by atoms with Crippen molar-refractivity contribution in [1.82, 2.24) is 5.31 Å². The molecule has 1 heterocycles. The molecule has 2 N–H and O–H groups in total. The lowest BCUT2D eigenvalue weighted by atomic mass is 10.0. The van der Waals surface area contributed by atoms with Crippen LogP contribution in [0.25, 0.3) is 0 Å². The third-order valence-corrected chi connectivity index (χ3v) is 5.51. The van der Waals surface area contributed by atoms with Crippen LogP contribution in [0.5, 0.6) is 11.5 Å². The molecule has 0 aromatic heterocycles. The number of alkyl halides is 3. The second-order valence-corrected chi connectivity index (χ2v) is 7.98. The molecule has 9 heteroatoms. The Morgan fingerprint density at radius 2 is 1.85 bits per heavy atom. The fourth-order valence-corrected chi connectivity index (χ4v) is 3.77. The number of anilines is 1. The maximum absolute atomic E-state index is 14.4. The predicted octanol–water partition coefficient (Wildman–Crippen LogP) is 6.76. The summed E-state index contributed by atoms with van der Waals surface area (Å²) in [5, 5.41) is 3.76. The van der Waals surface area contributed by atoms with Gasteiger partial charge in [0.25, 0.3) is 5.91 Å². The van der Waals surface area contributed by atoms with Gasteiger partial charge >= 0.3 is 6.18 Å². The first-order valence-corrected chi connectivity index (χ1v) is 10.5. The van der Waals surface area contributed by atoms with Crippen LogP contribution in [0.4, 0.5) is 27.6 Å². The van der Waals surface area contributed by atoms with Crippen molar-refractivity contribution in [3.05, 3.63) is 88.5 Å². The van der Waals surface area contributed by atoms with Crippen molar-refractivity contribution in [2.24, 2.45) is 0 Å². The number of carbonyl (C=O) groups excluding carboxylic acids is 1. The minimum absolute atomic E-state index is 0.160. The fourth-order valence-electron chi connectivity index (χ4n) is 3.77. The summed E-state index contributed by atoms with van der Waals surface area (Å²) in [5.41, 5.74) is -0.694. The number of hydrogen-bond donors (Lipinski definition) is 2. The lowest BCUT2D eigenvalue weighted by Crippen LogP contribution is -2.17. The molecule has 1 aliphatic rings. The van der Waals surface area contributed by atoms with E-state index in [0.717, 1.165) is 30.7 Å². The topological polar surface area (TPSA) is 50.4 Å². The van der Waals surface area contributed by atoms with Gasteiger partial charge in [-0.2, -0.15) is 13.2 Å². The molecule has 178 valence electrons. The second kappa shape index (κ2) is 9.42. The Morgan fingerprint density at radius 1 is 1.09 bits per heavy atom. The van der Waals surface area contributed by atoms with Gasteiger partial charge in [0, 0.05) is 17.3 Å². The molecule has 0 spiro atoms. The lowest BCUT2D eigenvalue weighted by Gasteiger charge is -2.17. The molecule has 1 fully saturated rings. The number of ether oxygens (including phenoxy) is 1. The summed E-state index contributed by atoms with van der Waals surface area (Å²) in [5.74, 6) is -1.96. The van der Waals surface area contributed by atoms with E-state index in [1.165, 1.54) is 29.6 Å². The summed E-state index contributed by atoms with van der Waals surface area (Å²) in [7, 11) is 0. The Bertz CT molecular complexity index is 1270.